The number of carbonyl (C=O) groups excluding carboxylic acids is 2. The molecule has 4 rings (SSSR count). The van der Waals surface area contributed by atoms with Crippen LogP contribution in [0, 0.1) is 0 Å². The van der Waals surface area contributed by atoms with Crippen molar-refractivity contribution in [1.82, 2.24) is 5.32 Å². The average molecular weight is 555 g/mol. The van der Waals surface area contributed by atoms with Gasteiger partial charge in [-0.25, -0.2) is 9.59 Å². The molecule has 0 heterocycles. The molecule has 0 fully saturated rings. The van der Waals surface area contributed by atoms with Crippen LogP contribution >= 0.6 is 7.60 Å². The number of methoxy groups -OCH3 is 1. The Morgan fingerprint density at radius 3 is 2.00 bits per heavy atom. The van der Waals surface area contributed by atoms with Gasteiger partial charge < -0.3 is 24.6 Å². The molecule has 0 spiro atoms. The predicted octanol–water partition coefficient (Wildman–Crippen LogP) is 3.89. The van der Waals surface area contributed by atoms with E-state index in [9.17, 15) is 22.9 Å². The Morgan fingerprint density at radius 2 is 1.50 bits per heavy atom. The predicted molar refractivity (Wildman–Crippen MR) is 137 cm³/mol. The first-order valence-corrected chi connectivity index (χ1v) is 12.9. The van der Waals surface area contributed by atoms with Crippen LogP contribution in [-0.4, -0.2) is 71.2 Å². The van der Waals surface area contributed by atoms with Crippen LogP contribution in [0.15, 0.2) is 72.8 Å². The third-order valence-electron chi connectivity index (χ3n) is 6.23. The summed E-state index contributed by atoms with van der Waals surface area (Å²) in [5.41, 5.74) is -0.711. The van der Waals surface area contributed by atoms with Gasteiger partial charge in [-0.05, 0) is 27.8 Å². The number of esters is 1. The van der Waals surface area contributed by atoms with Crippen molar-refractivity contribution in [2.75, 3.05) is 13.7 Å². The molecule has 12 heteroatoms. The number of rotatable bonds is 8. The van der Waals surface area contributed by atoms with Crippen LogP contribution in [0.25, 0.3) is 11.1 Å². The summed E-state index contributed by atoms with van der Waals surface area (Å²) >= 11 is 0. The van der Waals surface area contributed by atoms with E-state index < -0.39 is 36.9 Å². The first-order valence-electron chi connectivity index (χ1n) is 11.2. The van der Waals surface area contributed by atoms with Gasteiger partial charge in [-0.2, -0.15) is 8.78 Å². The van der Waals surface area contributed by atoms with Crippen LogP contribution in [0.5, 0.6) is 0 Å². The van der Waals surface area contributed by atoms with Crippen molar-refractivity contribution in [3.05, 3.63) is 95.1 Å². The van der Waals surface area contributed by atoms with Gasteiger partial charge in [0.2, 0.25) is 0 Å². The van der Waals surface area contributed by atoms with Crippen LogP contribution in [0.4, 0.5) is 13.6 Å². The second-order valence-corrected chi connectivity index (χ2v) is 10.2. The van der Waals surface area contributed by atoms with E-state index in [0.29, 0.717) is 5.56 Å². The summed E-state index contributed by atoms with van der Waals surface area (Å²) < 4.78 is 49.1. The molecule has 1 amide bonds. The second kappa shape index (κ2) is 12.1. The molecule has 0 unspecified atom stereocenters. The molecule has 0 radical (unpaired) electrons. The fourth-order valence-corrected chi connectivity index (χ4v) is 4.85. The van der Waals surface area contributed by atoms with E-state index in [1.165, 1.54) is 12.1 Å². The minimum atomic E-state index is -5.71. The van der Waals surface area contributed by atoms with E-state index in [2.05, 4.69) is 5.32 Å². The van der Waals surface area contributed by atoms with Crippen molar-refractivity contribution in [2.45, 2.75) is 24.0 Å². The van der Waals surface area contributed by atoms with Crippen LogP contribution in [0.3, 0.4) is 0 Å². The third kappa shape index (κ3) is 6.17. The zero-order valence-electron chi connectivity index (χ0n) is 19.6. The van der Waals surface area contributed by atoms with E-state index >= 15 is 0 Å². The van der Waals surface area contributed by atoms with Crippen LogP contribution in [0.2, 0.25) is 0 Å². The summed E-state index contributed by atoms with van der Waals surface area (Å²) in [4.78, 5) is 42.7. The van der Waals surface area contributed by atoms with E-state index in [1.54, 1.807) is 0 Å². The SMILES string of the molecule is COC(=O)[C@H](Cc1ccc(C(F)(F)P(=O)(O)O)cc1)NC(=O)OCC1c2ccccc2-c2ccccc21.[NaH]. The number of alkyl halides is 2. The Morgan fingerprint density at radius 1 is 0.974 bits per heavy atom. The summed E-state index contributed by atoms with van der Waals surface area (Å²) in [5, 5.41) is 2.45. The van der Waals surface area contributed by atoms with E-state index in [4.69, 9.17) is 19.3 Å². The van der Waals surface area contributed by atoms with Gasteiger partial charge in [-0.1, -0.05) is 72.8 Å². The third-order valence-corrected chi connectivity index (χ3v) is 7.22. The van der Waals surface area contributed by atoms with Crippen molar-refractivity contribution in [2.24, 2.45) is 0 Å². The molecule has 3 aromatic rings. The Hall–Kier alpha value is -2.59. The van der Waals surface area contributed by atoms with Gasteiger partial charge in [-0.15, -0.1) is 0 Å². The van der Waals surface area contributed by atoms with Gasteiger partial charge in [0.15, 0.2) is 0 Å². The summed E-state index contributed by atoms with van der Waals surface area (Å²) in [6.07, 6.45) is -0.986. The van der Waals surface area contributed by atoms with Gasteiger partial charge >= 0.3 is 54.9 Å². The van der Waals surface area contributed by atoms with Gasteiger partial charge in [0.25, 0.3) is 0 Å². The summed E-state index contributed by atoms with van der Waals surface area (Å²) in [7, 11) is -4.57. The molecule has 3 N–H and O–H groups in total. The molecular weight excluding hydrogens is 530 g/mol. The first kappa shape index (κ1) is 30.0. The van der Waals surface area contributed by atoms with Crippen molar-refractivity contribution >= 4 is 49.2 Å². The van der Waals surface area contributed by atoms with E-state index in [-0.39, 0.29) is 48.5 Å². The van der Waals surface area contributed by atoms with Crippen molar-refractivity contribution < 1.29 is 42.2 Å². The maximum absolute atomic E-state index is 13.9. The topological polar surface area (TPSA) is 122 Å². The van der Waals surface area contributed by atoms with E-state index in [0.717, 1.165) is 41.5 Å². The Labute approximate surface area is 239 Å². The molecular formula is C26H25F2NNaO7P. The Kier molecular flexibility index (Phi) is 9.52. The normalized spacial score (nSPS) is 13.5. The Bertz CT molecular complexity index is 1320. The molecule has 0 saturated carbocycles. The van der Waals surface area contributed by atoms with Crippen LogP contribution in [0.1, 0.15) is 28.2 Å². The molecule has 0 aliphatic heterocycles. The number of halogens is 2. The van der Waals surface area contributed by atoms with Crippen LogP contribution < -0.4 is 5.32 Å². The number of hydrogen-bond donors (Lipinski definition) is 3. The molecule has 1 aliphatic rings. The van der Waals surface area contributed by atoms with E-state index in [1.807, 2.05) is 48.5 Å². The molecule has 0 bridgehead atoms. The summed E-state index contributed by atoms with van der Waals surface area (Å²) in [6.45, 7) is 0.0277. The van der Waals surface area contributed by atoms with Gasteiger partial charge in [0.05, 0.1) is 7.11 Å². The maximum atomic E-state index is 13.9. The van der Waals surface area contributed by atoms with Gasteiger partial charge in [-0.3, -0.25) is 4.57 Å². The Balaban J connectivity index is 0.00000400. The molecule has 38 heavy (non-hydrogen) atoms. The number of amides is 1. The van der Waals surface area contributed by atoms with Crippen molar-refractivity contribution in [3.63, 3.8) is 0 Å². The van der Waals surface area contributed by atoms with Crippen LogP contribution in [-0.2, 0) is 30.9 Å². The van der Waals surface area contributed by atoms with Crippen molar-refractivity contribution in [1.29, 1.82) is 0 Å². The standard InChI is InChI=1S/C26H24F2NO7P.Na.H/c1-35-24(30)23(14-16-10-12-17(13-11-16)26(27,28)37(32,33)34)29-25(31)36-15-22-20-8-4-2-6-18(20)19-7-3-5-9-21(19)22;;/h2-13,22-23H,14-15H2,1H3,(H,29,31)(H2,32,33,34);;/t23-;;/m0../s1. The van der Waals surface area contributed by atoms with Crippen molar-refractivity contribution in [3.8, 4) is 11.1 Å². The number of nitrogens with one attached hydrogen (secondary N) is 1. The molecule has 196 valence electrons. The van der Waals surface area contributed by atoms with Gasteiger partial charge in [0.1, 0.15) is 12.6 Å². The number of alkyl carbamates (subject to hydrolysis) is 1. The first-order chi connectivity index (χ1) is 17.5. The fraction of sp³-hybridized carbons (Fsp3) is 0.231. The average Bonchev–Trinajstić information content (AvgIpc) is 3.20. The summed E-state index contributed by atoms with van der Waals surface area (Å²) in [6, 6.07) is 18.5. The molecule has 1 aliphatic carbocycles. The molecule has 0 aromatic heterocycles. The fourth-order valence-electron chi connectivity index (χ4n) is 4.36. The second-order valence-electron chi connectivity index (χ2n) is 8.53. The van der Waals surface area contributed by atoms with Gasteiger partial charge in [0, 0.05) is 17.9 Å². The number of fused-ring (bicyclic) bond motifs is 3. The molecule has 1 atom stereocenters. The zero-order valence-corrected chi connectivity index (χ0v) is 20.5. The molecule has 0 saturated heterocycles. The molecule has 8 nitrogen and oxygen atoms in total. The number of benzene rings is 3. The number of ether oxygens (including phenoxy) is 2. The zero-order chi connectivity index (χ0) is 26.8. The summed E-state index contributed by atoms with van der Waals surface area (Å²) in [5.74, 6) is -0.962. The molecule has 3 aromatic carbocycles. The number of carbonyl (C=O) groups is 2. The monoisotopic (exact) mass is 555 g/mol. The quantitative estimate of drug-likeness (QED) is 0.219. The number of hydrogen-bond acceptors (Lipinski definition) is 5. The minimum absolute atomic E-state index is 0.